The molecule has 2 saturated heterocycles. The van der Waals surface area contributed by atoms with Gasteiger partial charge in [-0.2, -0.15) is 0 Å². The van der Waals surface area contributed by atoms with Crippen LogP contribution in [0.2, 0.25) is 5.02 Å². The molecule has 2 bridgehead atoms. The highest BCUT2D eigenvalue weighted by molar-refractivity contribution is 6.30. The van der Waals surface area contributed by atoms with E-state index in [1.54, 1.807) is 0 Å². The van der Waals surface area contributed by atoms with Crippen LogP contribution in [-0.4, -0.2) is 42.1 Å². The van der Waals surface area contributed by atoms with Crippen LogP contribution in [0.15, 0.2) is 42.6 Å². The first-order valence-corrected chi connectivity index (χ1v) is 8.38. The Morgan fingerprint density at radius 1 is 1.05 bits per heavy atom. The Hall–Kier alpha value is -1.58. The molecule has 2 unspecified atom stereocenters. The SMILES string of the molecule is Clc1cccc(-c2ccc(N3CCN4CCCC3C4)nc2)c1. The summed E-state index contributed by atoms with van der Waals surface area (Å²) in [5.41, 5.74) is 2.24. The van der Waals surface area contributed by atoms with Gasteiger partial charge in [-0.05, 0) is 49.2 Å². The van der Waals surface area contributed by atoms with Gasteiger partial charge < -0.3 is 4.90 Å². The number of nitrogens with zero attached hydrogens (tertiary/aromatic N) is 3. The molecule has 2 fully saturated rings. The summed E-state index contributed by atoms with van der Waals surface area (Å²) in [7, 11) is 0. The molecule has 0 radical (unpaired) electrons. The normalized spacial score (nSPS) is 24.3. The van der Waals surface area contributed by atoms with Crippen molar-refractivity contribution in [1.29, 1.82) is 0 Å². The first kappa shape index (κ1) is 14.0. The van der Waals surface area contributed by atoms with E-state index in [9.17, 15) is 0 Å². The van der Waals surface area contributed by atoms with Crippen LogP contribution in [-0.2, 0) is 0 Å². The number of fused-ring (bicyclic) bond motifs is 2. The zero-order valence-corrected chi connectivity index (χ0v) is 13.3. The predicted molar refractivity (Wildman–Crippen MR) is 91.5 cm³/mol. The highest BCUT2D eigenvalue weighted by Crippen LogP contribution is 2.27. The quantitative estimate of drug-likeness (QED) is 0.843. The van der Waals surface area contributed by atoms with Gasteiger partial charge in [0.1, 0.15) is 5.82 Å². The molecule has 1 aromatic carbocycles. The Morgan fingerprint density at radius 2 is 2.00 bits per heavy atom. The molecule has 0 aliphatic carbocycles. The van der Waals surface area contributed by atoms with Gasteiger partial charge in [0.25, 0.3) is 0 Å². The van der Waals surface area contributed by atoms with E-state index in [1.165, 1.54) is 25.9 Å². The number of benzene rings is 1. The van der Waals surface area contributed by atoms with Crippen LogP contribution in [0.1, 0.15) is 12.8 Å². The number of halogens is 1. The summed E-state index contributed by atoms with van der Waals surface area (Å²) in [4.78, 5) is 9.78. The Bertz CT molecular complexity index is 656. The molecular weight excluding hydrogens is 294 g/mol. The van der Waals surface area contributed by atoms with Crippen LogP contribution in [0.5, 0.6) is 0 Å². The van der Waals surface area contributed by atoms with E-state index >= 15 is 0 Å². The van der Waals surface area contributed by atoms with Crippen molar-refractivity contribution in [1.82, 2.24) is 9.88 Å². The molecule has 3 heterocycles. The number of anilines is 1. The molecule has 4 heteroatoms. The second-order valence-electron chi connectivity index (χ2n) is 6.21. The fourth-order valence-electron chi connectivity index (χ4n) is 3.62. The summed E-state index contributed by atoms with van der Waals surface area (Å²) in [6.07, 6.45) is 4.56. The molecule has 0 amide bonds. The first-order valence-electron chi connectivity index (χ1n) is 8.00. The van der Waals surface area contributed by atoms with Gasteiger partial charge in [-0.3, -0.25) is 4.90 Å². The summed E-state index contributed by atoms with van der Waals surface area (Å²) >= 11 is 6.07. The van der Waals surface area contributed by atoms with Crippen molar-refractivity contribution in [2.24, 2.45) is 0 Å². The smallest absolute Gasteiger partial charge is 0.128 e. The lowest BCUT2D eigenvalue weighted by Crippen LogP contribution is -2.56. The summed E-state index contributed by atoms with van der Waals surface area (Å²) in [6.45, 7) is 4.71. The van der Waals surface area contributed by atoms with Gasteiger partial charge in [0.15, 0.2) is 0 Å². The number of hydrogen-bond donors (Lipinski definition) is 0. The zero-order chi connectivity index (χ0) is 14.9. The maximum absolute atomic E-state index is 6.07. The molecule has 0 saturated carbocycles. The topological polar surface area (TPSA) is 19.4 Å². The third-order valence-electron chi connectivity index (χ3n) is 4.78. The molecular formula is C18H20ClN3. The zero-order valence-electron chi connectivity index (χ0n) is 12.6. The fraction of sp³-hybridized carbons (Fsp3) is 0.389. The third-order valence-corrected chi connectivity index (χ3v) is 5.01. The molecule has 2 aliphatic heterocycles. The van der Waals surface area contributed by atoms with E-state index < -0.39 is 0 Å². The number of piperidine rings is 1. The standard InChI is InChI=1S/C18H20ClN3/c19-16-4-1-3-14(11-16)15-6-7-18(20-12-15)22-10-9-21-8-2-5-17(22)13-21/h1,3-4,6-7,11-12,17H,2,5,8-10,13H2. The van der Waals surface area contributed by atoms with Crippen LogP contribution in [0, 0.1) is 0 Å². The van der Waals surface area contributed by atoms with E-state index in [2.05, 4.69) is 28.0 Å². The van der Waals surface area contributed by atoms with Crippen molar-refractivity contribution in [2.45, 2.75) is 18.9 Å². The lowest BCUT2D eigenvalue weighted by atomic mass is 10.0. The van der Waals surface area contributed by atoms with Gasteiger partial charge >= 0.3 is 0 Å². The van der Waals surface area contributed by atoms with E-state index in [0.717, 1.165) is 35.1 Å². The van der Waals surface area contributed by atoms with E-state index in [4.69, 9.17) is 16.6 Å². The van der Waals surface area contributed by atoms with Gasteiger partial charge in [-0.1, -0.05) is 23.7 Å². The molecule has 2 aromatic rings. The van der Waals surface area contributed by atoms with Gasteiger partial charge in [0, 0.05) is 42.5 Å². The van der Waals surface area contributed by atoms with Gasteiger partial charge in [0.2, 0.25) is 0 Å². The lowest BCUT2D eigenvalue weighted by Gasteiger charge is -2.45. The minimum Gasteiger partial charge on any atom is -0.351 e. The highest BCUT2D eigenvalue weighted by Gasteiger charge is 2.30. The van der Waals surface area contributed by atoms with Crippen LogP contribution in [0.25, 0.3) is 11.1 Å². The fourth-order valence-corrected chi connectivity index (χ4v) is 3.81. The highest BCUT2D eigenvalue weighted by atomic mass is 35.5. The van der Waals surface area contributed by atoms with Gasteiger partial charge in [-0.15, -0.1) is 0 Å². The number of hydrogen-bond acceptors (Lipinski definition) is 3. The Labute approximate surface area is 136 Å². The molecule has 3 nitrogen and oxygen atoms in total. The molecule has 0 N–H and O–H groups in total. The van der Waals surface area contributed by atoms with Crippen LogP contribution < -0.4 is 4.90 Å². The van der Waals surface area contributed by atoms with Crippen LogP contribution in [0.4, 0.5) is 5.82 Å². The van der Waals surface area contributed by atoms with E-state index in [0.29, 0.717) is 6.04 Å². The Kier molecular flexibility index (Phi) is 3.77. The molecule has 22 heavy (non-hydrogen) atoms. The van der Waals surface area contributed by atoms with Crippen molar-refractivity contribution >= 4 is 17.4 Å². The summed E-state index contributed by atoms with van der Waals surface area (Å²) in [5.74, 6) is 1.11. The van der Waals surface area contributed by atoms with E-state index in [1.807, 2.05) is 24.4 Å². The average molecular weight is 314 g/mol. The first-order chi connectivity index (χ1) is 10.8. The van der Waals surface area contributed by atoms with Crippen molar-refractivity contribution < 1.29 is 0 Å². The van der Waals surface area contributed by atoms with Crippen molar-refractivity contribution in [3.63, 3.8) is 0 Å². The second kappa shape index (κ2) is 5.90. The Morgan fingerprint density at radius 3 is 2.82 bits per heavy atom. The second-order valence-corrected chi connectivity index (χ2v) is 6.64. The van der Waals surface area contributed by atoms with Gasteiger partial charge in [-0.25, -0.2) is 4.98 Å². The predicted octanol–water partition coefficient (Wildman–Crippen LogP) is 3.69. The van der Waals surface area contributed by atoms with Crippen molar-refractivity contribution in [2.75, 3.05) is 31.1 Å². The molecule has 2 atom stereocenters. The van der Waals surface area contributed by atoms with Crippen LogP contribution in [0.3, 0.4) is 0 Å². The lowest BCUT2D eigenvalue weighted by molar-refractivity contribution is 0.174. The maximum atomic E-state index is 6.07. The summed E-state index contributed by atoms with van der Waals surface area (Å²) in [5, 5.41) is 0.764. The number of piperazine rings is 1. The summed E-state index contributed by atoms with van der Waals surface area (Å²) in [6, 6.07) is 12.9. The molecule has 4 rings (SSSR count). The molecule has 114 valence electrons. The molecule has 2 aliphatic rings. The van der Waals surface area contributed by atoms with Crippen molar-refractivity contribution in [3.05, 3.63) is 47.6 Å². The summed E-state index contributed by atoms with van der Waals surface area (Å²) < 4.78 is 0. The number of aromatic nitrogens is 1. The average Bonchev–Trinajstić information content (AvgIpc) is 2.56. The number of rotatable bonds is 2. The minimum atomic E-state index is 0.631. The maximum Gasteiger partial charge on any atom is 0.128 e. The minimum absolute atomic E-state index is 0.631. The van der Waals surface area contributed by atoms with E-state index in [-0.39, 0.29) is 0 Å². The molecule has 1 aromatic heterocycles. The third kappa shape index (κ3) is 2.71. The largest absolute Gasteiger partial charge is 0.351 e. The van der Waals surface area contributed by atoms with Gasteiger partial charge in [0.05, 0.1) is 0 Å². The monoisotopic (exact) mass is 313 g/mol. The molecule has 0 spiro atoms. The number of pyridine rings is 1. The van der Waals surface area contributed by atoms with Crippen LogP contribution >= 0.6 is 11.6 Å². The van der Waals surface area contributed by atoms with Crippen molar-refractivity contribution in [3.8, 4) is 11.1 Å². The Balaban J connectivity index is 1.57.